The summed E-state index contributed by atoms with van der Waals surface area (Å²) < 4.78 is 0.608. The van der Waals surface area contributed by atoms with Crippen LogP contribution in [0.15, 0.2) is 42.9 Å². The van der Waals surface area contributed by atoms with Gasteiger partial charge in [-0.05, 0) is 12.1 Å². The van der Waals surface area contributed by atoms with Gasteiger partial charge in [-0.1, -0.05) is 11.6 Å². The summed E-state index contributed by atoms with van der Waals surface area (Å²) in [5, 5.41) is 13.9. The van der Waals surface area contributed by atoms with Crippen LogP contribution in [-0.4, -0.2) is 10.9 Å². The molecule has 86 valence electrons. The lowest BCUT2D eigenvalue weighted by Crippen LogP contribution is -2.25. The number of hydrogen-bond acceptors (Lipinski definition) is 3. The molecule has 6 heteroatoms. The summed E-state index contributed by atoms with van der Waals surface area (Å²) in [6.45, 7) is 0. The van der Waals surface area contributed by atoms with Crippen LogP contribution >= 0.6 is 11.6 Å². The zero-order chi connectivity index (χ0) is 12.3. The molecule has 0 unspecified atom stereocenters. The number of nitrogens with one attached hydrogen (secondary N) is 1. The molecule has 0 spiro atoms. The van der Waals surface area contributed by atoms with Gasteiger partial charge in [-0.3, -0.25) is 4.79 Å². The maximum absolute atomic E-state index is 11.7. The second-order valence-electron chi connectivity index (χ2n) is 3.26. The maximum atomic E-state index is 11.7. The molecule has 0 saturated heterocycles. The highest BCUT2D eigenvalue weighted by atomic mass is 35.5. The van der Waals surface area contributed by atoms with Crippen LogP contribution in [-0.2, 0) is 0 Å². The SMILES string of the molecule is O=C(Nc1ccc(Cl)cn1)c1cc[n+]([O-])cc1. The lowest BCUT2D eigenvalue weighted by molar-refractivity contribution is -0.605. The third-order valence-electron chi connectivity index (χ3n) is 2.03. The minimum atomic E-state index is -0.333. The molecule has 2 heterocycles. The van der Waals surface area contributed by atoms with Gasteiger partial charge in [-0.25, -0.2) is 4.98 Å². The minimum Gasteiger partial charge on any atom is -0.619 e. The van der Waals surface area contributed by atoms with Crippen molar-refractivity contribution >= 4 is 23.3 Å². The summed E-state index contributed by atoms with van der Waals surface area (Å²) >= 11 is 5.67. The molecule has 0 aliphatic rings. The predicted octanol–water partition coefficient (Wildman–Crippen LogP) is 1.62. The second kappa shape index (κ2) is 4.80. The molecule has 2 aromatic heterocycles. The summed E-state index contributed by atoms with van der Waals surface area (Å²) in [4.78, 5) is 15.6. The summed E-state index contributed by atoms with van der Waals surface area (Å²) in [6.07, 6.45) is 3.95. The van der Waals surface area contributed by atoms with Crippen molar-refractivity contribution in [2.24, 2.45) is 0 Å². The van der Waals surface area contributed by atoms with E-state index in [1.54, 1.807) is 12.1 Å². The van der Waals surface area contributed by atoms with Gasteiger partial charge in [0, 0.05) is 18.3 Å². The normalized spacial score (nSPS) is 9.94. The van der Waals surface area contributed by atoms with Crippen LogP contribution in [0.25, 0.3) is 0 Å². The third-order valence-corrected chi connectivity index (χ3v) is 2.26. The predicted molar refractivity (Wildman–Crippen MR) is 62.6 cm³/mol. The Morgan fingerprint density at radius 2 is 2.00 bits per heavy atom. The highest BCUT2D eigenvalue weighted by molar-refractivity contribution is 6.30. The molecular formula is C11H8ClN3O2. The van der Waals surface area contributed by atoms with Crippen molar-refractivity contribution in [2.75, 3.05) is 5.32 Å². The molecule has 0 fully saturated rings. The molecule has 1 N–H and O–H groups in total. The molecule has 1 amide bonds. The van der Waals surface area contributed by atoms with E-state index >= 15 is 0 Å². The van der Waals surface area contributed by atoms with Crippen molar-refractivity contribution < 1.29 is 9.52 Å². The van der Waals surface area contributed by atoms with Gasteiger partial charge < -0.3 is 10.5 Å². The number of nitrogens with zero attached hydrogens (tertiary/aromatic N) is 2. The fraction of sp³-hybridized carbons (Fsp3) is 0. The van der Waals surface area contributed by atoms with E-state index in [9.17, 15) is 10.0 Å². The lowest BCUT2D eigenvalue weighted by Gasteiger charge is -2.03. The summed E-state index contributed by atoms with van der Waals surface area (Å²) in [7, 11) is 0. The van der Waals surface area contributed by atoms with Gasteiger partial charge in [-0.15, -0.1) is 0 Å². The fourth-order valence-corrected chi connectivity index (χ4v) is 1.31. The van der Waals surface area contributed by atoms with Crippen LogP contribution in [0.1, 0.15) is 10.4 Å². The first kappa shape index (κ1) is 11.3. The van der Waals surface area contributed by atoms with Crippen molar-refractivity contribution in [3.8, 4) is 0 Å². The highest BCUT2D eigenvalue weighted by Gasteiger charge is 2.07. The molecular weight excluding hydrogens is 242 g/mol. The van der Waals surface area contributed by atoms with E-state index < -0.39 is 0 Å². The molecule has 0 bridgehead atoms. The largest absolute Gasteiger partial charge is 0.619 e. The van der Waals surface area contributed by atoms with Gasteiger partial charge in [0.15, 0.2) is 12.4 Å². The monoisotopic (exact) mass is 249 g/mol. The topological polar surface area (TPSA) is 68.9 Å². The van der Waals surface area contributed by atoms with Crippen LogP contribution in [0.4, 0.5) is 5.82 Å². The van der Waals surface area contributed by atoms with Crippen molar-refractivity contribution in [2.45, 2.75) is 0 Å². The molecule has 0 saturated carbocycles. The zero-order valence-electron chi connectivity index (χ0n) is 8.63. The van der Waals surface area contributed by atoms with Crippen molar-refractivity contribution in [3.63, 3.8) is 0 Å². The van der Waals surface area contributed by atoms with E-state index in [0.29, 0.717) is 21.1 Å². The van der Waals surface area contributed by atoms with Gasteiger partial charge in [-0.2, -0.15) is 4.73 Å². The average Bonchev–Trinajstić information content (AvgIpc) is 2.33. The molecule has 0 radical (unpaired) electrons. The Labute approximate surface area is 102 Å². The van der Waals surface area contributed by atoms with Gasteiger partial charge in [0.25, 0.3) is 5.91 Å². The number of aromatic nitrogens is 2. The Morgan fingerprint density at radius 3 is 2.59 bits per heavy atom. The first-order chi connectivity index (χ1) is 8.15. The third kappa shape index (κ3) is 2.92. The molecule has 2 aromatic rings. The van der Waals surface area contributed by atoms with Crippen molar-refractivity contribution in [1.29, 1.82) is 0 Å². The first-order valence-corrected chi connectivity index (χ1v) is 5.15. The lowest BCUT2D eigenvalue weighted by atomic mass is 10.2. The fourth-order valence-electron chi connectivity index (χ4n) is 1.20. The summed E-state index contributed by atoms with van der Waals surface area (Å²) in [5.41, 5.74) is 0.383. The number of carbonyl (C=O) groups excluding carboxylic acids is 1. The van der Waals surface area contributed by atoms with Crippen LogP contribution in [0.2, 0.25) is 5.02 Å². The number of carbonyl (C=O) groups is 1. The van der Waals surface area contributed by atoms with Crippen LogP contribution in [0.3, 0.4) is 0 Å². The van der Waals surface area contributed by atoms with E-state index in [0.717, 1.165) is 0 Å². The molecule has 0 aliphatic carbocycles. The Hall–Kier alpha value is -2.14. The smallest absolute Gasteiger partial charge is 0.257 e. The standard InChI is InChI=1S/C11H8ClN3O2/c12-9-1-2-10(13-7-9)14-11(16)8-3-5-15(17)6-4-8/h1-7H,(H,13,14,16). The second-order valence-corrected chi connectivity index (χ2v) is 3.70. The van der Waals surface area contributed by atoms with E-state index in [1.807, 2.05) is 0 Å². The number of anilines is 1. The Bertz CT molecular complexity index is 525. The first-order valence-electron chi connectivity index (χ1n) is 4.77. The van der Waals surface area contributed by atoms with E-state index in [1.165, 1.54) is 30.7 Å². The van der Waals surface area contributed by atoms with Crippen LogP contribution in [0.5, 0.6) is 0 Å². The Kier molecular flexibility index (Phi) is 3.20. The summed E-state index contributed by atoms with van der Waals surface area (Å²) in [6, 6.07) is 6.08. The van der Waals surface area contributed by atoms with E-state index in [2.05, 4.69) is 10.3 Å². The number of rotatable bonds is 2. The molecule has 0 aromatic carbocycles. The molecule has 17 heavy (non-hydrogen) atoms. The maximum Gasteiger partial charge on any atom is 0.257 e. The van der Waals surface area contributed by atoms with Gasteiger partial charge in [0.2, 0.25) is 0 Å². The number of halogens is 1. The molecule has 0 aliphatic heterocycles. The number of pyridine rings is 2. The number of hydrogen-bond donors (Lipinski definition) is 1. The van der Waals surface area contributed by atoms with E-state index in [4.69, 9.17) is 11.6 Å². The van der Waals surface area contributed by atoms with Gasteiger partial charge in [0.05, 0.1) is 10.6 Å². The Balaban J connectivity index is 2.11. The van der Waals surface area contributed by atoms with Crippen LogP contribution in [0, 0.1) is 5.21 Å². The molecule has 0 atom stereocenters. The zero-order valence-corrected chi connectivity index (χ0v) is 9.39. The quantitative estimate of drug-likeness (QED) is 0.650. The van der Waals surface area contributed by atoms with E-state index in [-0.39, 0.29) is 5.91 Å². The van der Waals surface area contributed by atoms with Gasteiger partial charge >= 0.3 is 0 Å². The molecule has 2 rings (SSSR count). The van der Waals surface area contributed by atoms with Gasteiger partial charge in [0.1, 0.15) is 5.82 Å². The Morgan fingerprint density at radius 1 is 1.29 bits per heavy atom. The minimum absolute atomic E-state index is 0.333. The van der Waals surface area contributed by atoms with Crippen LogP contribution < -0.4 is 10.0 Å². The highest BCUT2D eigenvalue weighted by Crippen LogP contribution is 2.10. The van der Waals surface area contributed by atoms with Crippen molar-refractivity contribution in [3.05, 3.63) is 58.6 Å². The summed E-state index contributed by atoms with van der Waals surface area (Å²) in [5.74, 6) is 0.0682. The number of amides is 1. The average molecular weight is 250 g/mol. The molecule has 5 nitrogen and oxygen atoms in total. The van der Waals surface area contributed by atoms with Crippen molar-refractivity contribution in [1.82, 2.24) is 4.98 Å².